The molecule has 33 heavy (non-hydrogen) atoms. The van der Waals surface area contributed by atoms with Crippen molar-refractivity contribution in [3.8, 4) is 0 Å². The Morgan fingerprint density at radius 3 is 2.45 bits per heavy atom. The van der Waals surface area contributed by atoms with E-state index in [0.717, 1.165) is 28.0 Å². The Bertz CT molecular complexity index is 1170. The minimum absolute atomic E-state index is 0.00191. The number of hydrogen-bond acceptors (Lipinski definition) is 4. The molecular formula is C25H33N5O3. The molecule has 0 radical (unpaired) electrons. The highest BCUT2D eigenvalue weighted by Crippen LogP contribution is 2.26. The molecule has 1 aromatic carbocycles. The van der Waals surface area contributed by atoms with Crippen LogP contribution >= 0.6 is 0 Å². The molecule has 0 bridgehead atoms. The van der Waals surface area contributed by atoms with Gasteiger partial charge in [0.1, 0.15) is 0 Å². The number of rotatable bonds is 5. The van der Waals surface area contributed by atoms with Crippen LogP contribution in [0.3, 0.4) is 0 Å². The fourth-order valence-corrected chi connectivity index (χ4v) is 4.84. The van der Waals surface area contributed by atoms with Gasteiger partial charge >= 0.3 is 6.09 Å². The Labute approximate surface area is 194 Å². The van der Waals surface area contributed by atoms with Crippen molar-refractivity contribution >= 4 is 22.9 Å². The summed E-state index contributed by atoms with van der Waals surface area (Å²) in [5.41, 5.74) is 4.50. The highest BCUT2D eigenvalue weighted by molar-refractivity contribution is 5.96. The van der Waals surface area contributed by atoms with E-state index < -0.39 is 0 Å². The quantitative estimate of drug-likeness (QED) is 0.592. The monoisotopic (exact) mass is 451 g/mol. The van der Waals surface area contributed by atoms with Crippen molar-refractivity contribution in [2.45, 2.75) is 46.2 Å². The Morgan fingerprint density at radius 2 is 1.85 bits per heavy atom. The van der Waals surface area contributed by atoms with Crippen LogP contribution in [0.1, 0.15) is 47.2 Å². The van der Waals surface area contributed by atoms with Gasteiger partial charge in [0.15, 0.2) is 0 Å². The average Bonchev–Trinajstić information content (AvgIpc) is 3.26. The number of ether oxygens (including phenoxy) is 1. The molecule has 1 aliphatic heterocycles. The van der Waals surface area contributed by atoms with Crippen LogP contribution < -0.4 is 0 Å². The first kappa shape index (κ1) is 22.9. The van der Waals surface area contributed by atoms with Gasteiger partial charge in [-0.15, -0.1) is 0 Å². The summed E-state index contributed by atoms with van der Waals surface area (Å²) in [5, 5.41) is 5.63. The Morgan fingerprint density at radius 1 is 1.15 bits per heavy atom. The van der Waals surface area contributed by atoms with E-state index in [1.54, 1.807) is 9.58 Å². The topological polar surface area (TPSA) is 72.6 Å². The van der Waals surface area contributed by atoms with E-state index in [9.17, 15) is 9.59 Å². The highest BCUT2D eigenvalue weighted by Gasteiger charge is 2.33. The molecule has 0 spiro atoms. The standard InChI is InChI=1S/C25H33N5O3/c1-6-33-25(32)29-13-11-20(12-14-29)30(24(31)23-17(2)26-28(5)18(23)3)16-21-15-19-9-7-8-10-22(19)27(21)4/h7-10,15,20H,6,11-14,16H2,1-5H3. The zero-order valence-electron chi connectivity index (χ0n) is 20.2. The molecule has 0 aliphatic carbocycles. The fourth-order valence-electron chi connectivity index (χ4n) is 4.84. The number of benzene rings is 1. The van der Waals surface area contributed by atoms with Crippen molar-refractivity contribution in [2.24, 2.45) is 14.1 Å². The van der Waals surface area contributed by atoms with Gasteiger partial charge < -0.3 is 19.1 Å². The van der Waals surface area contributed by atoms with Crippen molar-refractivity contribution in [1.82, 2.24) is 24.1 Å². The number of hydrogen-bond donors (Lipinski definition) is 0. The molecule has 2 amide bonds. The third-order valence-electron chi connectivity index (χ3n) is 6.80. The van der Waals surface area contributed by atoms with E-state index in [4.69, 9.17) is 4.74 Å². The SMILES string of the molecule is CCOC(=O)N1CCC(N(Cc2cc3ccccc3n2C)C(=O)c2c(C)nn(C)c2C)CC1. The van der Waals surface area contributed by atoms with Gasteiger partial charge in [0.2, 0.25) is 0 Å². The minimum atomic E-state index is -0.276. The van der Waals surface area contributed by atoms with Gasteiger partial charge in [0.05, 0.1) is 24.4 Å². The van der Waals surface area contributed by atoms with Crippen LogP contribution in [0.15, 0.2) is 30.3 Å². The minimum Gasteiger partial charge on any atom is -0.450 e. The first-order chi connectivity index (χ1) is 15.8. The molecule has 176 valence electrons. The molecule has 0 unspecified atom stereocenters. The van der Waals surface area contributed by atoms with Crippen LogP contribution in [0.4, 0.5) is 4.79 Å². The van der Waals surface area contributed by atoms with Crippen LogP contribution in [0.5, 0.6) is 0 Å². The predicted octanol–water partition coefficient (Wildman–Crippen LogP) is 3.79. The van der Waals surface area contributed by atoms with Crippen molar-refractivity contribution in [3.63, 3.8) is 0 Å². The molecule has 0 N–H and O–H groups in total. The van der Waals surface area contributed by atoms with Gasteiger partial charge in [-0.1, -0.05) is 18.2 Å². The number of carbonyl (C=O) groups excluding carboxylic acids is 2. The zero-order valence-corrected chi connectivity index (χ0v) is 20.2. The number of aromatic nitrogens is 3. The number of amides is 2. The van der Waals surface area contributed by atoms with Crippen molar-refractivity contribution in [2.75, 3.05) is 19.7 Å². The first-order valence-electron chi connectivity index (χ1n) is 11.6. The van der Waals surface area contributed by atoms with Crippen LogP contribution in [0, 0.1) is 13.8 Å². The number of piperidine rings is 1. The zero-order chi connectivity index (χ0) is 23.7. The summed E-state index contributed by atoms with van der Waals surface area (Å²) < 4.78 is 9.09. The van der Waals surface area contributed by atoms with Crippen molar-refractivity contribution < 1.29 is 14.3 Å². The smallest absolute Gasteiger partial charge is 0.409 e. The maximum Gasteiger partial charge on any atom is 0.409 e. The molecule has 2 aromatic heterocycles. The number of nitrogens with zero attached hydrogens (tertiary/aromatic N) is 5. The third-order valence-corrected chi connectivity index (χ3v) is 6.80. The van der Waals surface area contributed by atoms with Gasteiger partial charge in [-0.3, -0.25) is 9.48 Å². The largest absolute Gasteiger partial charge is 0.450 e. The molecule has 3 heterocycles. The lowest BCUT2D eigenvalue weighted by molar-refractivity contribution is 0.0510. The molecule has 8 heteroatoms. The molecular weight excluding hydrogens is 418 g/mol. The maximum absolute atomic E-state index is 13.9. The van der Waals surface area contributed by atoms with Crippen molar-refractivity contribution in [3.05, 3.63) is 53.0 Å². The molecule has 0 atom stereocenters. The summed E-state index contributed by atoms with van der Waals surface area (Å²) in [6.07, 6.45) is 1.15. The summed E-state index contributed by atoms with van der Waals surface area (Å²) in [6, 6.07) is 10.4. The number of fused-ring (bicyclic) bond motifs is 1. The molecule has 3 aromatic rings. The van der Waals surface area contributed by atoms with Crippen LogP contribution in [-0.4, -0.2) is 61.9 Å². The van der Waals surface area contributed by atoms with Crippen LogP contribution in [0.2, 0.25) is 0 Å². The fraction of sp³-hybridized carbons (Fsp3) is 0.480. The van der Waals surface area contributed by atoms with E-state index in [2.05, 4.69) is 27.9 Å². The van der Waals surface area contributed by atoms with E-state index in [0.29, 0.717) is 44.6 Å². The number of para-hydroxylation sites is 1. The first-order valence-corrected chi connectivity index (χ1v) is 11.6. The predicted molar refractivity (Wildman–Crippen MR) is 127 cm³/mol. The Kier molecular flexibility index (Phi) is 6.44. The van der Waals surface area contributed by atoms with E-state index in [1.807, 2.05) is 51.9 Å². The lowest BCUT2D eigenvalue weighted by atomic mass is 10.0. The van der Waals surface area contributed by atoms with Gasteiger partial charge in [0, 0.05) is 50.1 Å². The summed E-state index contributed by atoms with van der Waals surface area (Å²) in [4.78, 5) is 29.8. The van der Waals surface area contributed by atoms with Crippen LogP contribution in [0.25, 0.3) is 10.9 Å². The summed E-state index contributed by atoms with van der Waals surface area (Å²) in [7, 11) is 3.91. The molecule has 1 fully saturated rings. The average molecular weight is 452 g/mol. The van der Waals surface area contributed by atoms with E-state index in [-0.39, 0.29) is 18.0 Å². The Balaban J connectivity index is 1.64. The lowest BCUT2D eigenvalue weighted by Crippen LogP contribution is -2.49. The molecule has 4 rings (SSSR count). The van der Waals surface area contributed by atoms with Crippen molar-refractivity contribution in [1.29, 1.82) is 0 Å². The maximum atomic E-state index is 13.9. The lowest BCUT2D eigenvalue weighted by Gasteiger charge is -2.38. The molecule has 1 saturated heterocycles. The third kappa shape index (κ3) is 4.34. The van der Waals surface area contributed by atoms with E-state index >= 15 is 0 Å². The van der Waals surface area contributed by atoms with E-state index in [1.165, 1.54) is 0 Å². The van der Waals surface area contributed by atoms with Gasteiger partial charge in [-0.25, -0.2) is 4.79 Å². The molecule has 1 aliphatic rings. The Hall–Kier alpha value is -3.29. The molecule has 0 saturated carbocycles. The summed E-state index contributed by atoms with van der Waals surface area (Å²) in [6.45, 7) is 7.66. The normalized spacial score (nSPS) is 14.6. The number of carbonyl (C=O) groups is 2. The second kappa shape index (κ2) is 9.29. The second-order valence-corrected chi connectivity index (χ2v) is 8.77. The van der Waals surface area contributed by atoms with Crippen LogP contribution in [-0.2, 0) is 25.4 Å². The summed E-state index contributed by atoms with van der Waals surface area (Å²) >= 11 is 0. The molecule has 8 nitrogen and oxygen atoms in total. The number of aryl methyl sites for hydroxylation is 3. The van der Waals surface area contributed by atoms with Gasteiger partial charge in [-0.05, 0) is 51.1 Å². The van der Waals surface area contributed by atoms with Gasteiger partial charge in [0.25, 0.3) is 5.91 Å². The number of likely N-dealkylation sites (tertiary alicyclic amines) is 1. The second-order valence-electron chi connectivity index (χ2n) is 8.77. The summed E-state index contributed by atoms with van der Waals surface area (Å²) in [5.74, 6) is -0.00191. The van der Waals surface area contributed by atoms with Gasteiger partial charge in [-0.2, -0.15) is 5.10 Å². The highest BCUT2D eigenvalue weighted by atomic mass is 16.6.